The number of amides is 1. The van der Waals surface area contributed by atoms with Gasteiger partial charge in [0.25, 0.3) is 5.78 Å². The molecular weight excluding hydrogens is 590 g/mol. The molecule has 1 fully saturated rings. The van der Waals surface area contributed by atoms with E-state index in [1.807, 2.05) is 61.5 Å². The van der Waals surface area contributed by atoms with Crippen LogP contribution in [-0.4, -0.2) is 33.1 Å². The van der Waals surface area contributed by atoms with Gasteiger partial charge in [0.15, 0.2) is 4.34 Å². The number of ketones is 1. The molecular formula is C32H28ClN3O4S2. The van der Waals surface area contributed by atoms with E-state index in [2.05, 4.69) is 24.0 Å². The van der Waals surface area contributed by atoms with Crippen LogP contribution in [0.25, 0.3) is 5.76 Å². The van der Waals surface area contributed by atoms with Crippen molar-refractivity contribution in [3.05, 3.63) is 105 Å². The highest BCUT2D eigenvalue weighted by Crippen LogP contribution is 2.45. The molecule has 214 valence electrons. The molecule has 10 heteroatoms. The van der Waals surface area contributed by atoms with Gasteiger partial charge in [0.05, 0.1) is 11.6 Å². The fourth-order valence-electron chi connectivity index (χ4n) is 5.22. The fourth-order valence-corrected chi connectivity index (χ4v) is 7.17. The maximum Gasteiger partial charge on any atom is 0.301 e. The highest BCUT2D eigenvalue weighted by Gasteiger charge is 2.48. The van der Waals surface area contributed by atoms with Crippen molar-refractivity contribution in [3.8, 4) is 5.75 Å². The first-order valence-electron chi connectivity index (χ1n) is 13.6. The lowest BCUT2D eigenvalue weighted by molar-refractivity contribution is -0.132. The topological polar surface area (TPSA) is 92.6 Å². The molecule has 0 radical (unpaired) electrons. The summed E-state index contributed by atoms with van der Waals surface area (Å²) in [5.74, 6) is -0.0227. The Bertz CT molecular complexity index is 1700. The number of aliphatic hydroxyl groups is 1. The lowest BCUT2D eigenvalue weighted by Crippen LogP contribution is -2.29. The van der Waals surface area contributed by atoms with Crippen LogP contribution in [0.5, 0.6) is 5.75 Å². The number of fused-ring (bicyclic) bond motifs is 1. The average Bonchev–Trinajstić information content (AvgIpc) is 3.67. The van der Waals surface area contributed by atoms with Crippen LogP contribution in [-0.2, 0) is 21.8 Å². The molecule has 1 aromatic heterocycles. The zero-order valence-corrected chi connectivity index (χ0v) is 25.6. The van der Waals surface area contributed by atoms with Gasteiger partial charge in [-0.15, -0.1) is 10.2 Å². The molecule has 0 unspecified atom stereocenters. The SMILES string of the molecule is CC(C)c1ccc([C@H]2/C(=C(\O)c3ccc4c(c3)C[C@H](C)O4)C(=O)C(=O)N2c2nnc(SCc3ccc(Cl)cc3)s2)cc1. The standard InChI is InChI=1S/C32H28ClN3O4S2/c1-17(2)20-6-8-21(9-7-20)27-26(28(37)22-10-13-25-23(15-22)14-18(3)40-25)29(38)30(39)36(27)31-34-35-32(42-31)41-16-19-4-11-24(33)12-5-19/h4-13,15,17-18,27,37H,14,16H2,1-3H3/b28-26+/t18-,27-/m0/s1. The largest absolute Gasteiger partial charge is 0.507 e. The van der Waals surface area contributed by atoms with Gasteiger partial charge in [0, 0.05) is 22.8 Å². The number of carbonyl (C=O) groups is 2. The molecule has 4 aromatic rings. The Balaban J connectivity index is 1.39. The molecule has 0 saturated carbocycles. The van der Waals surface area contributed by atoms with Crippen molar-refractivity contribution >= 4 is 57.3 Å². The van der Waals surface area contributed by atoms with E-state index < -0.39 is 17.7 Å². The van der Waals surface area contributed by atoms with Crippen LogP contribution in [0.4, 0.5) is 5.13 Å². The molecule has 1 saturated heterocycles. The van der Waals surface area contributed by atoms with Gasteiger partial charge in [-0.2, -0.15) is 0 Å². The highest BCUT2D eigenvalue weighted by atomic mass is 35.5. The number of hydrogen-bond donors (Lipinski definition) is 1. The van der Waals surface area contributed by atoms with Crippen LogP contribution < -0.4 is 9.64 Å². The summed E-state index contributed by atoms with van der Waals surface area (Å²) in [7, 11) is 0. The monoisotopic (exact) mass is 617 g/mol. The summed E-state index contributed by atoms with van der Waals surface area (Å²) in [5, 5.41) is 21.1. The molecule has 2 aliphatic heterocycles. The summed E-state index contributed by atoms with van der Waals surface area (Å²) in [4.78, 5) is 28.6. The fraction of sp³-hybridized carbons (Fsp3) is 0.250. The van der Waals surface area contributed by atoms with Gasteiger partial charge >= 0.3 is 5.91 Å². The molecule has 0 spiro atoms. The predicted octanol–water partition coefficient (Wildman–Crippen LogP) is 7.56. The predicted molar refractivity (Wildman–Crippen MR) is 166 cm³/mol. The van der Waals surface area contributed by atoms with Gasteiger partial charge in [0.1, 0.15) is 17.6 Å². The molecule has 3 aromatic carbocycles. The molecule has 7 nitrogen and oxygen atoms in total. The lowest BCUT2D eigenvalue weighted by Gasteiger charge is -2.23. The van der Waals surface area contributed by atoms with E-state index in [-0.39, 0.29) is 17.4 Å². The van der Waals surface area contributed by atoms with Crippen LogP contribution >= 0.6 is 34.7 Å². The van der Waals surface area contributed by atoms with E-state index in [0.29, 0.717) is 43.7 Å². The number of aliphatic hydroxyl groups excluding tert-OH is 1. The minimum absolute atomic E-state index is 0.0229. The maximum atomic E-state index is 13.6. The quantitative estimate of drug-likeness (QED) is 0.0752. The first-order valence-corrected chi connectivity index (χ1v) is 15.8. The summed E-state index contributed by atoms with van der Waals surface area (Å²) < 4.78 is 6.46. The van der Waals surface area contributed by atoms with E-state index in [9.17, 15) is 14.7 Å². The number of ether oxygens (including phenoxy) is 1. The number of thioether (sulfide) groups is 1. The second-order valence-corrected chi connectivity index (χ2v) is 13.3. The van der Waals surface area contributed by atoms with Gasteiger partial charge in [-0.05, 0) is 65.4 Å². The number of rotatable bonds is 7. The van der Waals surface area contributed by atoms with Crippen molar-refractivity contribution in [1.29, 1.82) is 0 Å². The first-order chi connectivity index (χ1) is 20.2. The maximum absolute atomic E-state index is 13.6. The van der Waals surface area contributed by atoms with E-state index in [4.69, 9.17) is 16.3 Å². The number of carbonyl (C=O) groups excluding carboxylic acids is 2. The number of aromatic nitrogens is 2. The summed E-state index contributed by atoms with van der Waals surface area (Å²) >= 11 is 8.72. The number of benzene rings is 3. The van der Waals surface area contributed by atoms with Gasteiger partial charge in [-0.25, -0.2) is 0 Å². The van der Waals surface area contributed by atoms with E-state index >= 15 is 0 Å². The molecule has 3 heterocycles. The molecule has 1 N–H and O–H groups in total. The third kappa shape index (κ3) is 5.44. The molecule has 6 rings (SSSR count). The van der Waals surface area contributed by atoms with Crippen molar-refractivity contribution in [1.82, 2.24) is 10.2 Å². The van der Waals surface area contributed by atoms with Crippen LogP contribution in [0.3, 0.4) is 0 Å². The normalized spacial score (nSPS) is 19.4. The zero-order chi connectivity index (χ0) is 29.5. The van der Waals surface area contributed by atoms with E-state index in [0.717, 1.165) is 22.4 Å². The Morgan fingerprint density at radius 2 is 1.83 bits per heavy atom. The Morgan fingerprint density at radius 3 is 2.55 bits per heavy atom. The Labute approximate surface area is 257 Å². The Hall–Kier alpha value is -3.66. The summed E-state index contributed by atoms with van der Waals surface area (Å²) in [6.45, 7) is 6.18. The summed E-state index contributed by atoms with van der Waals surface area (Å²) in [6.07, 6.45) is 0.734. The van der Waals surface area contributed by atoms with E-state index in [1.54, 1.807) is 12.1 Å². The second kappa shape index (κ2) is 11.6. The van der Waals surface area contributed by atoms with Crippen molar-refractivity contribution in [2.24, 2.45) is 0 Å². The van der Waals surface area contributed by atoms with Crippen LogP contribution in [0, 0.1) is 0 Å². The van der Waals surface area contributed by atoms with Gasteiger partial charge < -0.3 is 9.84 Å². The van der Waals surface area contributed by atoms with Crippen molar-refractivity contribution < 1.29 is 19.4 Å². The number of anilines is 1. The third-order valence-corrected chi connectivity index (χ3v) is 9.79. The van der Waals surface area contributed by atoms with Gasteiger partial charge in [0.2, 0.25) is 5.13 Å². The van der Waals surface area contributed by atoms with Crippen molar-refractivity contribution in [2.45, 2.75) is 55.3 Å². The molecule has 42 heavy (non-hydrogen) atoms. The van der Waals surface area contributed by atoms with Crippen LogP contribution in [0.1, 0.15) is 60.5 Å². The van der Waals surface area contributed by atoms with Gasteiger partial charge in [-0.1, -0.05) is 84.9 Å². The van der Waals surface area contributed by atoms with Gasteiger partial charge in [-0.3, -0.25) is 14.5 Å². The lowest BCUT2D eigenvalue weighted by atomic mass is 9.93. The number of hydrogen-bond acceptors (Lipinski definition) is 8. The van der Waals surface area contributed by atoms with Crippen molar-refractivity contribution in [2.75, 3.05) is 4.90 Å². The Morgan fingerprint density at radius 1 is 1.10 bits per heavy atom. The summed E-state index contributed by atoms with van der Waals surface area (Å²) in [6, 6.07) is 19.8. The Kier molecular flexibility index (Phi) is 7.83. The minimum Gasteiger partial charge on any atom is -0.507 e. The molecule has 2 aliphatic rings. The number of nitrogens with zero attached hydrogens (tertiary/aromatic N) is 3. The molecule has 1 amide bonds. The number of Topliss-reactive ketones (excluding diaryl/α,β-unsaturated/α-hetero) is 1. The van der Waals surface area contributed by atoms with Crippen molar-refractivity contribution in [3.63, 3.8) is 0 Å². The smallest absolute Gasteiger partial charge is 0.301 e. The molecule has 0 aliphatic carbocycles. The molecule has 0 bridgehead atoms. The van der Waals surface area contributed by atoms with Crippen LogP contribution in [0.15, 0.2) is 76.6 Å². The van der Waals surface area contributed by atoms with Crippen LogP contribution in [0.2, 0.25) is 5.02 Å². The third-order valence-electron chi connectivity index (χ3n) is 7.41. The average molecular weight is 618 g/mol. The number of halogens is 1. The first kappa shape index (κ1) is 28.5. The minimum atomic E-state index is -0.864. The molecule has 2 atom stereocenters. The summed E-state index contributed by atoms with van der Waals surface area (Å²) in [5.41, 5.74) is 4.33. The van der Waals surface area contributed by atoms with E-state index in [1.165, 1.54) is 28.0 Å². The zero-order valence-electron chi connectivity index (χ0n) is 23.2. The second-order valence-electron chi connectivity index (χ2n) is 10.7. The highest BCUT2D eigenvalue weighted by molar-refractivity contribution is 8.00.